The Bertz CT molecular complexity index is 305. The van der Waals surface area contributed by atoms with Gasteiger partial charge in [-0.05, 0) is 45.2 Å². The second-order valence-corrected chi connectivity index (χ2v) is 7.29. The van der Waals surface area contributed by atoms with Crippen LogP contribution in [-0.4, -0.2) is 64.3 Å². The number of rotatable bonds is 10. The van der Waals surface area contributed by atoms with Gasteiger partial charge in [-0.2, -0.15) is 0 Å². The summed E-state index contributed by atoms with van der Waals surface area (Å²) in [7, 11) is 5.70. The van der Waals surface area contributed by atoms with Gasteiger partial charge < -0.3 is 20.3 Å². The Hall–Kier alpha value is -0.0800. The monoisotopic (exact) mass is 442 g/mol. The molecule has 1 atom stereocenters. The van der Waals surface area contributed by atoms with E-state index in [9.17, 15) is 0 Å². The zero-order chi connectivity index (χ0) is 17.0. The van der Waals surface area contributed by atoms with Gasteiger partial charge in [0.2, 0.25) is 0 Å². The van der Waals surface area contributed by atoms with E-state index in [0.717, 1.165) is 45.0 Å². The first-order valence-corrected chi connectivity index (χ1v) is 8.43. The molecule has 0 spiro atoms. The summed E-state index contributed by atoms with van der Waals surface area (Å²) in [6, 6.07) is 0.440. The van der Waals surface area contributed by atoms with E-state index in [1.807, 2.05) is 7.05 Å². The Morgan fingerprint density at radius 1 is 1.26 bits per heavy atom. The van der Waals surface area contributed by atoms with Gasteiger partial charge in [-0.3, -0.25) is 4.99 Å². The Kier molecular flexibility index (Phi) is 15.6. The van der Waals surface area contributed by atoms with Crippen molar-refractivity contribution in [3.8, 4) is 0 Å². The van der Waals surface area contributed by atoms with Gasteiger partial charge in [0.25, 0.3) is 0 Å². The molecule has 0 amide bonds. The van der Waals surface area contributed by atoms with E-state index >= 15 is 0 Å². The fraction of sp³-hybridized carbons (Fsp3) is 0.941. The number of likely N-dealkylation sites (N-methyl/N-ethyl adjacent to an activating group) is 1. The number of aliphatic imine (C=N–C) groups is 1. The Morgan fingerprint density at radius 3 is 2.43 bits per heavy atom. The fourth-order valence-corrected chi connectivity index (χ4v) is 2.06. The number of guanidine groups is 1. The van der Waals surface area contributed by atoms with Crippen LogP contribution < -0.4 is 10.6 Å². The average Bonchev–Trinajstić information content (AvgIpc) is 2.45. The van der Waals surface area contributed by atoms with Crippen molar-refractivity contribution in [2.24, 2.45) is 10.4 Å². The molecule has 6 heteroatoms. The van der Waals surface area contributed by atoms with Gasteiger partial charge in [0.05, 0.1) is 6.61 Å². The third kappa shape index (κ3) is 16.6. The minimum atomic E-state index is 0. The highest BCUT2D eigenvalue weighted by atomic mass is 127. The van der Waals surface area contributed by atoms with Crippen LogP contribution in [0.1, 0.15) is 47.0 Å². The second-order valence-electron chi connectivity index (χ2n) is 7.29. The number of nitrogens with one attached hydrogen (secondary N) is 2. The van der Waals surface area contributed by atoms with Crippen LogP contribution in [0.3, 0.4) is 0 Å². The van der Waals surface area contributed by atoms with E-state index in [0.29, 0.717) is 11.5 Å². The standard InChI is InChI=1S/C17H38N4O.HI/c1-15(9-10-17(2,3)4)20-16(18-5)19-11-8-12-21(6)13-14-22-7;/h15H,8-14H2,1-7H3,(H2,18,19,20);1H. The maximum atomic E-state index is 5.08. The molecular formula is C17H39IN4O. The lowest BCUT2D eigenvalue weighted by molar-refractivity contribution is 0.161. The summed E-state index contributed by atoms with van der Waals surface area (Å²) < 4.78 is 5.08. The van der Waals surface area contributed by atoms with E-state index in [1.165, 1.54) is 6.42 Å². The Morgan fingerprint density at radius 2 is 1.91 bits per heavy atom. The second kappa shape index (κ2) is 14.3. The van der Waals surface area contributed by atoms with Crippen molar-refractivity contribution >= 4 is 29.9 Å². The van der Waals surface area contributed by atoms with Gasteiger partial charge >= 0.3 is 0 Å². The van der Waals surface area contributed by atoms with E-state index in [1.54, 1.807) is 7.11 Å². The molecular weight excluding hydrogens is 403 g/mol. The zero-order valence-electron chi connectivity index (χ0n) is 16.2. The highest BCUT2D eigenvalue weighted by Crippen LogP contribution is 2.21. The van der Waals surface area contributed by atoms with Gasteiger partial charge in [0.15, 0.2) is 5.96 Å². The maximum absolute atomic E-state index is 5.08. The lowest BCUT2D eigenvalue weighted by Gasteiger charge is -2.23. The highest BCUT2D eigenvalue weighted by Gasteiger charge is 2.13. The number of hydrogen-bond acceptors (Lipinski definition) is 3. The van der Waals surface area contributed by atoms with Crippen molar-refractivity contribution in [3.05, 3.63) is 0 Å². The molecule has 0 aliphatic rings. The van der Waals surface area contributed by atoms with Crippen LogP contribution in [-0.2, 0) is 4.74 Å². The summed E-state index contributed by atoms with van der Waals surface area (Å²) in [6.45, 7) is 12.8. The Labute approximate surface area is 161 Å². The minimum absolute atomic E-state index is 0. The lowest BCUT2D eigenvalue weighted by atomic mass is 9.89. The quantitative estimate of drug-likeness (QED) is 0.237. The molecule has 0 aliphatic heterocycles. The predicted octanol–water partition coefficient (Wildman–Crippen LogP) is 2.95. The van der Waals surface area contributed by atoms with Crippen molar-refractivity contribution in [1.82, 2.24) is 15.5 Å². The zero-order valence-corrected chi connectivity index (χ0v) is 18.6. The molecule has 0 rings (SSSR count). The number of halogens is 1. The van der Waals surface area contributed by atoms with Crippen molar-refractivity contribution < 1.29 is 4.74 Å². The van der Waals surface area contributed by atoms with Gasteiger partial charge in [-0.1, -0.05) is 20.8 Å². The fourth-order valence-electron chi connectivity index (χ4n) is 2.06. The highest BCUT2D eigenvalue weighted by molar-refractivity contribution is 14.0. The summed E-state index contributed by atoms with van der Waals surface area (Å²) >= 11 is 0. The van der Waals surface area contributed by atoms with Crippen LogP contribution in [0.4, 0.5) is 0 Å². The molecule has 0 bridgehead atoms. The van der Waals surface area contributed by atoms with Crippen LogP contribution in [0.15, 0.2) is 4.99 Å². The molecule has 0 saturated heterocycles. The summed E-state index contributed by atoms with van der Waals surface area (Å²) in [5.74, 6) is 0.904. The van der Waals surface area contributed by atoms with Crippen LogP contribution in [0.2, 0.25) is 0 Å². The molecule has 0 radical (unpaired) electrons. The van der Waals surface area contributed by atoms with E-state index in [4.69, 9.17) is 4.74 Å². The van der Waals surface area contributed by atoms with E-state index < -0.39 is 0 Å². The van der Waals surface area contributed by atoms with Crippen LogP contribution >= 0.6 is 24.0 Å². The number of ether oxygens (including phenoxy) is 1. The molecule has 140 valence electrons. The maximum Gasteiger partial charge on any atom is 0.191 e. The summed E-state index contributed by atoms with van der Waals surface area (Å²) in [5, 5.41) is 6.86. The van der Waals surface area contributed by atoms with Crippen LogP contribution in [0.25, 0.3) is 0 Å². The first-order valence-electron chi connectivity index (χ1n) is 8.43. The van der Waals surface area contributed by atoms with Crippen molar-refractivity contribution in [1.29, 1.82) is 0 Å². The molecule has 1 unspecified atom stereocenters. The molecule has 0 fully saturated rings. The van der Waals surface area contributed by atoms with Crippen LogP contribution in [0, 0.1) is 5.41 Å². The van der Waals surface area contributed by atoms with E-state index in [2.05, 4.69) is 55.3 Å². The largest absolute Gasteiger partial charge is 0.383 e. The number of nitrogens with zero attached hydrogens (tertiary/aromatic N) is 2. The summed E-state index contributed by atoms with van der Waals surface area (Å²) in [4.78, 5) is 6.58. The molecule has 0 heterocycles. The topological polar surface area (TPSA) is 48.9 Å². The Balaban J connectivity index is 0. The molecule has 5 nitrogen and oxygen atoms in total. The molecule has 0 aromatic heterocycles. The lowest BCUT2D eigenvalue weighted by Crippen LogP contribution is -2.43. The van der Waals surface area contributed by atoms with Gasteiger partial charge in [0, 0.05) is 33.3 Å². The van der Waals surface area contributed by atoms with Crippen LogP contribution in [0.5, 0.6) is 0 Å². The van der Waals surface area contributed by atoms with Crippen molar-refractivity contribution in [2.45, 2.75) is 53.0 Å². The number of methoxy groups -OCH3 is 1. The first kappa shape index (κ1) is 25.2. The summed E-state index contributed by atoms with van der Waals surface area (Å²) in [5.41, 5.74) is 0.389. The van der Waals surface area contributed by atoms with Crippen molar-refractivity contribution in [3.63, 3.8) is 0 Å². The smallest absolute Gasteiger partial charge is 0.191 e. The normalized spacial score (nSPS) is 13.7. The third-order valence-corrected chi connectivity index (χ3v) is 3.62. The van der Waals surface area contributed by atoms with Gasteiger partial charge in [-0.25, -0.2) is 0 Å². The third-order valence-electron chi connectivity index (χ3n) is 3.62. The van der Waals surface area contributed by atoms with Gasteiger partial charge in [0.1, 0.15) is 0 Å². The molecule has 0 saturated carbocycles. The molecule has 0 aromatic carbocycles. The number of hydrogen-bond donors (Lipinski definition) is 2. The summed E-state index contributed by atoms with van der Waals surface area (Å²) in [6.07, 6.45) is 3.46. The SMILES string of the molecule is CN=C(NCCCN(C)CCOC)NC(C)CCC(C)(C)C.I. The average molecular weight is 442 g/mol. The predicted molar refractivity (Wildman–Crippen MR) is 112 cm³/mol. The first-order chi connectivity index (χ1) is 10.3. The van der Waals surface area contributed by atoms with E-state index in [-0.39, 0.29) is 24.0 Å². The van der Waals surface area contributed by atoms with Crippen molar-refractivity contribution in [2.75, 3.05) is 47.4 Å². The molecule has 2 N–H and O–H groups in total. The molecule has 0 aliphatic carbocycles. The molecule has 0 aromatic rings. The molecule has 23 heavy (non-hydrogen) atoms. The minimum Gasteiger partial charge on any atom is -0.383 e. The van der Waals surface area contributed by atoms with Gasteiger partial charge in [-0.15, -0.1) is 24.0 Å².